The van der Waals surface area contributed by atoms with Crippen LogP contribution in [0.2, 0.25) is 0 Å². The van der Waals surface area contributed by atoms with Crippen LogP contribution in [0.1, 0.15) is 30.2 Å². The maximum Gasteiger partial charge on any atom is 0.165 e. The number of halogens is 1. The lowest BCUT2D eigenvalue weighted by Crippen LogP contribution is -2.20. The molecule has 3 heterocycles. The van der Waals surface area contributed by atoms with Crippen LogP contribution < -0.4 is 10.1 Å². The molecule has 4 rings (SSSR count). The van der Waals surface area contributed by atoms with Crippen molar-refractivity contribution in [1.82, 2.24) is 15.5 Å². The lowest BCUT2D eigenvalue weighted by atomic mass is 10.0. The first-order valence-corrected chi connectivity index (χ1v) is 8.04. The van der Waals surface area contributed by atoms with E-state index in [-0.39, 0.29) is 11.9 Å². The molecule has 0 spiro atoms. The fourth-order valence-corrected chi connectivity index (χ4v) is 3.02. The summed E-state index contributed by atoms with van der Waals surface area (Å²) < 4.78 is 25.4. The fraction of sp³-hybridized carbons (Fsp3) is 0.278. The van der Waals surface area contributed by atoms with Gasteiger partial charge in [-0.05, 0) is 37.1 Å². The van der Waals surface area contributed by atoms with Gasteiger partial charge in [-0.3, -0.25) is 5.10 Å². The van der Waals surface area contributed by atoms with Crippen molar-refractivity contribution in [3.05, 3.63) is 59.7 Å². The van der Waals surface area contributed by atoms with Crippen LogP contribution in [0.3, 0.4) is 0 Å². The molecule has 1 atom stereocenters. The monoisotopic (exact) mass is 327 g/mol. The van der Waals surface area contributed by atoms with Crippen LogP contribution in [0.15, 0.2) is 47.0 Å². The first kappa shape index (κ1) is 15.0. The van der Waals surface area contributed by atoms with E-state index in [1.165, 1.54) is 6.07 Å². The molecule has 0 fully saturated rings. The first-order valence-electron chi connectivity index (χ1n) is 8.04. The summed E-state index contributed by atoms with van der Waals surface area (Å²) >= 11 is 0. The van der Waals surface area contributed by atoms with E-state index in [1.807, 2.05) is 24.3 Å². The second-order valence-electron chi connectivity index (χ2n) is 5.82. The number of nitrogens with zero attached hydrogens (tertiary/aromatic N) is 1. The van der Waals surface area contributed by atoms with E-state index in [0.29, 0.717) is 18.9 Å². The van der Waals surface area contributed by atoms with Crippen molar-refractivity contribution in [2.24, 2.45) is 0 Å². The lowest BCUT2D eigenvalue weighted by molar-refractivity contribution is 0.300. The van der Waals surface area contributed by atoms with Crippen molar-refractivity contribution in [1.29, 1.82) is 0 Å². The molecule has 0 bridgehead atoms. The predicted molar refractivity (Wildman–Crippen MR) is 87.0 cm³/mol. The summed E-state index contributed by atoms with van der Waals surface area (Å²) in [4.78, 5) is 0. The highest BCUT2D eigenvalue weighted by Gasteiger charge is 2.22. The van der Waals surface area contributed by atoms with Crippen molar-refractivity contribution in [2.75, 3.05) is 6.61 Å². The average Bonchev–Trinajstić information content (AvgIpc) is 3.23. The number of furan rings is 1. The molecule has 1 aliphatic heterocycles. The third-order valence-electron chi connectivity index (χ3n) is 4.21. The Morgan fingerprint density at radius 1 is 1.25 bits per heavy atom. The molecule has 124 valence electrons. The maximum atomic E-state index is 14.0. The second-order valence-corrected chi connectivity index (χ2v) is 5.82. The van der Waals surface area contributed by atoms with Gasteiger partial charge >= 0.3 is 0 Å². The number of para-hydroxylation sites is 1. The van der Waals surface area contributed by atoms with Gasteiger partial charge in [0.05, 0.1) is 13.2 Å². The Bertz CT molecular complexity index is 814. The van der Waals surface area contributed by atoms with Crippen LogP contribution in [0.25, 0.3) is 11.5 Å². The van der Waals surface area contributed by atoms with Crippen molar-refractivity contribution in [2.45, 2.75) is 25.4 Å². The minimum absolute atomic E-state index is 0.0407. The molecule has 0 amide bonds. The number of fused-ring (bicyclic) bond motifs is 1. The van der Waals surface area contributed by atoms with E-state index < -0.39 is 0 Å². The van der Waals surface area contributed by atoms with Gasteiger partial charge in [0, 0.05) is 17.8 Å². The van der Waals surface area contributed by atoms with E-state index in [0.717, 1.165) is 35.6 Å². The predicted octanol–water partition coefficient (Wildman–Crippen LogP) is 3.81. The number of hydrogen-bond acceptors (Lipinski definition) is 4. The highest BCUT2D eigenvalue weighted by Crippen LogP contribution is 2.33. The summed E-state index contributed by atoms with van der Waals surface area (Å²) in [7, 11) is 0. The van der Waals surface area contributed by atoms with E-state index in [4.69, 9.17) is 9.15 Å². The fourth-order valence-electron chi connectivity index (χ4n) is 3.02. The maximum absolute atomic E-state index is 14.0. The van der Waals surface area contributed by atoms with Gasteiger partial charge in [0.1, 0.15) is 11.5 Å². The Hall–Kier alpha value is -2.60. The van der Waals surface area contributed by atoms with E-state index in [9.17, 15) is 4.39 Å². The molecule has 6 heteroatoms. The normalized spacial score (nSPS) is 17.1. The van der Waals surface area contributed by atoms with Gasteiger partial charge in [-0.15, -0.1) is 0 Å². The minimum Gasteiger partial charge on any atom is -0.490 e. The number of nitrogens with one attached hydrogen (secondary N) is 2. The van der Waals surface area contributed by atoms with E-state index in [1.54, 1.807) is 12.3 Å². The quantitative estimate of drug-likeness (QED) is 0.765. The number of H-pyrrole nitrogens is 1. The Labute approximate surface area is 138 Å². The Balaban J connectivity index is 1.49. The largest absolute Gasteiger partial charge is 0.490 e. The molecule has 2 N–H and O–H groups in total. The van der Waals surface area contributed by atoms with Crippen LogP contribution in [-0.4, -0.2) is 16.8 Å². The zero-order valence-electron chi connectivity index (χ0n) is 13.1. The first-order chi connectivity index (χ1) is 11.8. The highest BCUT2D eigenvalue weighted by atomic mass is 19.1. The third-order valence-corrected chi connectivity index (χ3v) is 4.21. The third kappa shape index (κ3) is 2.92. The highest BCUT2D eigenvalue weighted by molar-refractivity contribution is 5.51. The molecule has 0 saturated heterocycles. The van der Waals surface area contributed by atoms with Crippen LogP contribution in [0.5, 0.6) is 5.75 Å². The van der Waals surface area contributed by atoms with Gasteiger partial charge < -0.3 is 14.5 Å². The molecule has 1 unspecified atom stereocenters. The Morgan fingerprint density at radius 3 is 3.08 bits per heavy atom. The summed E-state index contributed by atoms with van der Waals surface area (Å²) in [5.41, 5.74) is 1.71. The molecule has 0 aliphatic carbocycles. The summed E-state index contributed by atoms with van der Waals surface area (Å²) in [5, 5.41) is 10.3. The zero-order valence-corrected chi connectivity index (χ0v) is 13.1. The molecule has 5 nitrogen and oxygen atoms in total. The number of hydrogen-bond donors (Lipinski definition) is 2. The van der Waals surface area contributed by atoms with Crippen LogP contribution in [-0.2, 0) is 6.54 Å². The second kappa shape index (κ2) is 6.49. The Kier molecular flexibility index (Phi) is 4.04. The number of ether oxygens (including phenoxy) is 1. The molecular formula is C18H18FN3O2. The van der Waals surface area contributed by atoms with Gasteiger partial charge in [0.2, 0.25) is 0 Å². The molecule has 1 aliphatic rings. The molecule has 0 saturated carbocycles. The molecular weight excluding hydrogens is 309 g/mol. The van der Waals surface area contributed by atoms with Crippen molar-refractivity contribution < 1.29 is 13.5 Å². The van der Waals surface area contributed by atoms with Crippen molar-refractivity contribution >= 4 is 0 Å². The van der Waals surface area contributed by atoms with E-state index in [2.05, 4.69) is 15.5 Å². The van der Waals surface area contributed by atoms with Crippen LogP contribution >= 0.6 is 0 Å². The van der Waals surface area contributed by atoms with Gasteiger partial charge in [-0.2, -0.15) is 5.10 Å². The summed E-state index contributed by atoms with van der Waals surface area (Å²) in [6, 6.07) is 10.8. The van der Waals surface area contributed by atoms with Crippen molar-refractivity contribution in [3.63, 3.8) is 0 Å². The van der Waals surface area contributed by atoms with Gasteiger partial charge in [-0.1, -0.05) is 12.1 Å². The molecule has 0 radical (unpaired) electrons. The summed E-state index contributed by atoms with van der Waals surface area (Å²) in [6.07, 6.45) is 3.46. The zero-order chi connectivity index (χ0) is 16.4. The number of aromatic nitrogens is 2. The van der Waals surface area contributed by atoms with Gasteiger partial charge in [0.25, 0.3) is 0 Å². The molecule has 3 aromatic rings. The lowest BCUT2D eigenvalue weighted by Gasteiger charge is -2.18. The number of aromatic amines is 1. The van der Waals surface area contributed by atoms with Crippen molar-refractivity contribution in [3.8, 4) is 17.2 Å². The topological polar surface area (TPSA) is 63.1 Å². The van der Waals surface area contributed by atoms with Crippen LogP contribution in [0.4, 0.5) is 4.39 Å². The summed E-state index contributed by atoms with van der Waals surface area (Å²) in [5.74, 6) is 1.63. The standard InChI is InChI=1S/C18H18FN3O2/c19-14-4-1-3-13-15(5-2-10-23-18(13)14)20-11-12-6-7-17(24-12)16-8-9-21-22-16/h1,3-4,6-9,15,20H,2,5,10-11H2,(H,21,22). The van der Waals surface area contributed by atoms with Crippen LogP contribution in [0, 0.1) is 5.82 Å². The SMILES string of the molecule is Fc1cccc2c1OCCCC2NCc1ccc(-c2ccn[nH]2)o1. The average molecular weight is 327 g/mol. The Morgan fingerprint density at radius 2 is 2.21 bits per heavy atom. The number of rotatable bonds is 4. The van der Waals surface area contributed by atoms with E-state index >= 15 is 0 Å². The molecule has 24 heavy (non-hydrogen) atoms. The van der Waals surface area contributed by atoms with Gasteiger partial charge in [0.15, 0.2) is 17.3 Å². The number of benzene rings is 1. The minimum atomic E-state index is -0.305. The smallest absolute Gasteiger partial charge is 0.165 e. The molecule has 1 aromatic carbocycles. The molecule has 2 aromatic heterocycles. The van der Waals surface area contributed by atoms with Gasteiger partial charge in [-0.25, -0.2) is 4.39 Å². The summed E-state index contributed by atoms with van der Waals surface area (Å²) in [6.45, 7) is 1.10.